The lowest BCUT2D eigenvalue weighted by Gasteiger charge is -2.18. The number of carbonyl (C=O) groups excluding carboxylic acids is 4. The second kappa shape index (κ2) is 9.66. The Morgan fingerprint density at radius 2 is 2.00 bits per heavy atom. The third-order valence-electron chi connectivity index (χ3n) is 3.81. The van der Waals surface area contributed by atoms with Crippen LogP contribution in [-0.2, 0) is 14.3 Å². The summed E-state index contributed by atoms with van der Waals surface area (Å²) in [6.45, 7) is -1.83. The van der Waals surface area contributed by atoms with Gasteiger partial charge in [-0.2, -0.15) is 8.78 Å². The minimum absolute atomic E-state index is 0.0223. The van der Waals surface area contributed by atoms with Crippen LogP contribution in [0.2, 0.25) is 0 Å². The molecule has 158 valence electrons. The first kappa shape index (κ1) is 21.9. The number of methoxy groups -OCH3 is 1. The van der Waals surface area contributed by atoms with Gasteiger partial charge in [0.05, 0.1) is 7.11 Å². The van der Waals surface area contributed by atoms with Crippen LogP contribution in [0.3, 0.4) is 0 Å². The smallest absolute Gasteiger partial charge is 0.387 e. The Morgan fingerprint density at radius 3 is 2.59 bits per heavy atom. The Bertz CT molecular complexity index is 803. The van der Waals surface area contributed by atoms with Gasteiger partial charge in [0, 0.05) is 18.7 Å². The quantitative estimate of drug-likeness (QED) is 0.593. The van der Waals surface area contributed by atoms with E-state index in [0.717, 1.165) is 17.0 Å². The topological polar surface area (TPSA) is 123 Å². The molecule has 4 amide bonds. The SMILES string of the molecule is COc1cc(C(=O)NCC(=O)O[C@@H](C)C(=O)N2CCNC2=O)ccc1OC(F)F. The Morgan fingerprint density at radius 1 is 1.28 bits per heavy atom. The zero-order valence-electron chi connectivity index (χ0n) is 15.6. The molecule has 1 aliphatic heterocycles. The van der Waals surface area contributed by atoms with Gasteiger partial charge in [-0.05, 0) is 25.1 Å². The molecule has 1 fully saturated rings. The monoisotopic (exact) mass is 415 g/mol. The molecule has 1 aromatic rings. The third-order valence-corrected chi connectivity index (χ3v) is 3.81. The molecule has 1 aliphatic rings. The lowest BCUT2D eigenvalue weighted by Crippen LogP contribution is -2.43. The van der Waals surface area contributed by atoms with E-state index in [4.69, 9.17) is 9.47 Å². The summed E-state index contributed by atoms with van der Waals surface area (Å²) < 4.78 is 38.7. The Balaban J connectivity index is 1.88. The van der Waals surface area contributed by atoms with Crippen LogP contribution >= 0.6 is 0 Å². The fourth-order valence-corrected chi connectivity index (χ4v) is 2.45. The van der Waals surface area contributed by atoms with Gasteiger partial charge in [-0.1, -0.05) is 0 Å². The van der Waals surface area contributed by atoms with Gasteiger partial charge in [-0.25, -0.2) is 4.79 Å². The number of ether oxygens (including phenoxy) is 3. The molecule has 0 bridgehead atoms. The molecule has 1 saturated heterocycles. The summed E-state index contributed by atoms with van der Waals surface area (Å²) in [7, 11) is 1.21. The number of alkyl halides is 2. The standard InChI is InChI=1S/C17H19F2N3O7/c1-9(15(25)22-6-5-20-17(22)26)28-13(23)8-21-14(24)10-3-4-11(29-16(18)19)12(7-10)27-2/h3-4,7,9,16H,5-6,8H2,1-2H3,(H,20,26)(H,21,24)/t9-/m0/s1. The van der Waals surface area contributed by atoms with Gasteiger partial charge in [0.25, 0.3) is 11.8 Å². The van der Waals surface area contributed by atoms with Crippen molar-refractivity contribution in [2.45, 2.75) is 19.6 Å². The molecule has 2 N–H and O–H groups in total. The Hall–Kier alpha value is -3.44. The summed E-state index contributed by atoms with van der Waals surface area (Å²) in [5, 5.41) is 4.72. The maximum atomic E-state index is 12.3. The van der Waals surface area contributed by atoms with Gasteiger partial charge < -0.3 is 24.8 Å². The molecule has 2 rings (SSSR count). The van der Waals surface area contributed by atoms with E-state index in [2.05, 4.69) is 15.4 Å². The maximum absolute atomic E-state index is 12.3. The van der Waals surface area contributed by atoms with Gasteiger partial charge in [0.1, 0.15) is 6.54 Å². The van der Waals surface area contributed by atoms with Crippen molar-refractivity contribution in [3.05, 3.63) is 23.8 Å². The summed E-state index contributed by atoms with van der Waals surface area (Å²) in [6, 6.07) is 2.93. The van der Waals surface area contributed by atoms with Crippen LogP contribution in [0.1, 0.15) is 17.3 Å². The lowest BCUT2D eigenvalue weighted by atomic mass is 10.2. The number of carbonyl (C=O) groups is 4. The molecule has 29 heavy (non-hydrogen) atoms. The van der Waals surface area contributed by atoms with Gasteiger partial charge in [0.2, 0.25) is 0 Å². The summed E-state index contributed by atoms with van der Waals surface area (Å²) in [5.41, 5.74) is 0.0223. The largest absolute Gasteiger partial charge is 0.493 e. The molecule has 12 heteroatoms. The number of rotatable bonds is 8. The summed E-state index contributed by atoms with van der Waals surface area (Å²) in [5.74, 6) is -2.63. The van der Waals surface area contributed by atoms with E-state index in [9.17, 15) is 28.0 Å². The van der Waals surface area contributed by atoms with E-state index in [1.54, 1.807) is 0 Å². The van der Waals surface area contributed by atoms with Crippen molar-refractivity contribution in [2.24, 2.45) is 0 Å². The minimum atomic E-state index is -3.06. The number of imide groups is 1. The molecule has 1 atom stereocenters. The first-order valence-corrected chi connectivity index (χ1v) is 8.42. The number of nitrogens with one attached hydrogen (secondary N) is 2. The molecule has 0 spiro atoms. The summed E-state index contributed by atoms with van der Waals surface area (Å²) in [6.07, 6.45) is -1.21. The number of benzene rings is 1. The fraction of sp³-hybridized carbons (Fsp3) is 0.412. The Labute approximate surface area is 164 Å². The number of nitrogens with zero attached hydrogens (tertiary/aromatic N) is 1. The highest BCUT2D eigenvalue weighted by Gasteiger charge is 2.31. The lowest BCUT2D eigenvalue weighted by molar-refractivity contribution is -0.156. The van der Waals surface area contributed by atoms with E-state index < -0.39 is 43.1 Å². The number of esters is 1. The first-order chi connectivity index (χ1) is 13.7. The summed E-state index contributed by atoms with van der Waals surface area (Å²) >= 11 is 0. The number of halogens is 2. The molecular formula is C17H19F2N3O7. The first-order valence-electron chi connectivity index (χ1n) is 8.42. The van der Waals surface area contributed by atoms with Crippen molar-refractivity contribution in [2.75, 3.05) is 26.7 Å². The van der Waals surface area contributed by atoms with Crippen LogP contribution in [-0.4, -0.2) is 68.2 Å². The van der Waals surface area contributed by atoms with E-state index in [-0.39, 0.29) is 23.6 Å². The number of hydrogen-bond donors (Lipinski definition) is 2. The van der Waals surface area contributed by atoms with Crippen LogP contribution in [0.25, 0.3) is 0 Å². The van der Waals surface area contributed by atoms with Crippen molar-refractivity contribution < 1.29 is 42.2 Å². The van der Waals surface area contributed by atoms with Crippen LogP contribution in [0.15, 0.2) is 18.2 Å². The van der Waals surface area contributed by atoms with E-state index >= 15 is 0 Å². The highest BCUT2D eigenvalue weighted by molar-refractivity contribution is 5.99. The van der Waals surface area contributed by atoms with Crippen LogP contribution in [0.5, 0.6) is 11.5 Å². The second-order valence-electron chi connectivity index (χ2n) is 5.78. The number of hydrogen-bond acceptors (Lipinski definition) is 7. The molecule has 1 heterocycles. The van der Waals surface area contributed by atoms with E-state index in [0.29, 0.717) is 6.54 Å². The zero-order chi connectivity index (χ0) is 21.6. The maximum Gasteiger partial charge on any atom is 0.387 e. The van der Waals surface area contributed by atoms with E-state index in [1.807, 2.05) is 0 Å². The van der Waals surface area contributed by atoms with Gasteiger partial charge in [0.15, 0.2) is 17.6 Å². The molecule has 10 nitrogen and oxygen atoms in total. The van der Waals surface area contributed by atoms with Gasteiger partial charge in [-0.15, -0.1) is 0 Å². The van der Waals surface area contributed by atoms with Crippen molar-refractivity contribution in [3.8, 4) is 11.5 Å². The highest BCUT2D eigenvalue weighted by Crippen LogP contribution is 2.29. The van der Waals surface area contributed by atoms with E-state index in [1.165, 1.54) is 20.1 Å². The van der Waals surface area contributed by atoms with Gasteiger partial charge >= 0.3 is 18.6 Å². The molecule has 0 radical (unpaired) electrons. The average Bonchev–Trinajstić information content (AvgIpc) is 3.11. The molecular weight excluding hydrogens is 396 g/mol. The zero-order valence-corrected chi connectivity index (χ0v) is 15.6. The normalized spacial score (nSPS) is 14.2. The van der Waals surface area contributed by atoms with Crippen LogP contribution < -0.4 is 20.1 Å². The fourth-order valence-electron chi connectivity index (χ4n) is 2.45. The molecule has 1 aromatic carbocycles. The molecule has 0 aromatic heterocycles. The minimum Gasteiger partial charge on any atom is -0.493 e. The molecule has 0 aliphatic carbocycles. The van der Waals surface area contributed by atoms with Crippen molar-refractivity contribution in [1.29, 1.82) is 0 Å². The van der Waals surface area contributed by atoms with Crippen LogP contribution in [0, 0.1) is 0 Å². The number of urea groups is 1. The van der Waals surface area contributed by atoms with Crippen molar-refractivity contribution in [1.82, 2.24) is 15.5 Å². The van der Waals surface area contributed by atoms with Crippen molar-refractivity contribution >= 4 is 23.8 Å². The number of amides is 4. The molecule has 0 unspecified atom stereocenters. The average molecular weight is 415 g/mol. The highest BCUT2D eigenvalue weighted by atomic mass is 19.3. The predicted molar refractivity (Wildman–Crippen MR) is 92.6 cm³/mol. The second-order valence-corrected chi connectivity index (χ2v) is 5.78. The summed E-state index contributed by atoms with van der Waals surface area (Å²) in [4.78, 5) is 48.4. The van der Waals surface area contributed by atoms with Crippen molar-refractivity contribution in [3.63, 3.8) is 0 Å². The predicted octanol–water partition coefficient (Wildman–Crippen LogP) is 0.510. The van der Waals surface area contributed by atoms with Crippen LogP contribution in [0.4, 0.5) is 13.6 Å². The third kappa shape index (κ3) is 5.77. The van der Waals surface area contributed by atoms with Gasteiger partial charge in [-0.3, -0.25) is 19.3 Å². The molecule has 0 saturated carbocycles. The Kier molecular flexibility index (Phi) is 7.28.